The van der Waals surface area contributed by atoms with Crippen molar-refractivity contribution >= 4 is 0 Å². The number of aromatic amines is 1. The van der Waals surface area contributed by atoms with E-state index in [-0.39, 0.29) is 0 Å². The molecular weight excluding hydrogens is 176 g/mol. The molecule has 2 rings (SSSR count). The minimum atomic E-state index is 0.679. The lowest BCUT2D eigenvalue weighted by Crippen LogP contribution is -2.32. The fourth-order valence-corrected chi connectivity index (χ4v) is 1.97. The quantitative estimate of drug-likeness (QED) is 0.737. The summed E-state index contributed by atoms with van der Waals surface area (Å²) >= 11 is 0. The van der Waals surface area contributed by atoms with Crippen molar-refractivity contribution in [3.05, 3.63) is 17.7 Å². The minimum Gasteiger partial charge on any atom is -0.345 e. The predicted octanol–water partition coefficient (Wildman–Crippen LogP) is 0.512. The molecule has 0 radical (unpaired) electrons. The maximum Gasteiger partial charge on any atom is 0.103 e. The van der Waals surface area contributed by atoms with E-state index >= 15 is 0 Å². The molecular formula is C10H18N4. The minimum absolute atomic E-state index is 0.679. The predicted molar refractivity (Wildman–Crippen MR) is 56.1 cm³/mol. The Labute approximate surface area is 84.7 Å². The number of aromatic nitrogens is 2. The average Bonchev–Trinajstić information content (AvgIpc) is 2.75. The standard InChI is InChI=1S/C10H18N4/c1-8-12-5-9(13-8)7-14(2)10-3-4-11-6-10/h5,10-11H,3-4,6-7H2,1-2H3,(H,12,13). The Hall–Kier alpha value is -0.870. The van der Waals surface area contributed by atoms with Crippen molar-refractivity contribution in [2.24, 2.45) is 0 Å². The summed E-state index contributed by atoms with van der Waals surface area (Å²) in [6.07, 6.45) is 3.18. The van der Waals surface area contributed by atoms with Gasteiger partial charge in [-0.05, 0) is 26.9 Å². The number of H-pyrrole nitrogens is 1. The van der Waals surface area contributed by atoms with Crippen LogP contribution < -0.4 is 5.32 Å². The molecule has 1 saturated heterocycles. The fourth-order valence-electron chi connectivity index (χ4n) is 1.97. The molecule has 1 aliphatic rings. The number of nitrogens with one attached hydrogen (secondary N) is 2. The average molecular weight is 194 g/mol. The Bertz CT molecular complexity index is 288. The van der Waals surface area contributed by atoms with Crippen molar-refractivity contribution in [3.8, 4) is 0 Å². The van der Waals surface area contributed by atoms with Crippen LogP contribution in [0.25, 0.3) is 0 Å². The van der Waals surface area contributed by atoms with Gasteiger partial charge in [0, 0.05) is 31.0 Å². The lowest BCUT2D eigenvalue weighted by molar-refractivity contribution is 0.246. The van der Waals surface area contributed by atoms with Gasteiger partial charge in [-0.2, -0.15) is 0 Å². The van der Waals surface area contributed by atoms with Gasteiger partial charge in [0.25, 0.3) is 0 Å². The Morgan fingerprint density at radius 1 is 1.64 bits per heavy atom. The highest BCUT2D eigenvalue weighted by atomic mass is 15.2. The van der Waals surface area contributed by atoms with E-state index in [0.29, 0.717) is 6.04 Å². The molecule has 0 spiro atoms. The van der Waals surface area contributed by atoms with E-state index in [0.717, 1.165) is 25.5 Å². The summed E-state index contributed by atoms with van der Waals surface area (Å²) < 4.78 is 0. The van der Waals surface area contributed by atoms with E-state index in [9.17, 15) is 0 Å². The topological polar surface area (TPSA) is 44.0 Å². The molecule has 1 aliphatic heterocycles. The van der Waals surface area contributed by atoms with Crippen LogP contribution in [-0.4, -0.2) is 41.0 Å². The summed E-state index contributed by atoms with van der Waals surface area (Å²) in [4.78, 5) is 9.84. The van der Waals surface area contributed by atoms with Gasteiger partial charge >= 0.3 is 0 Å². The highest BCUT2D eigenvalue weighted by molar-refractivity contribution is 5.00. The van der Waals surface area contributed by atoms with Gasteiger partial charge in [-0.3, -0.25) is 4.90 Å². The summed E-state index contributed by atoms with van der Waals surface area (Å²) in [7, 11) is 2.17. The van der Waals surface area contributed by atoms with E-state index in [1.165, 1.54) is 12.1 Å². The maximum atomic E-state index is 4.20. The van der Waals surface area contributed by atoms with Crippen LogP contribution >= 0.6 is 0 Å². The number of nitrogens with zero attached hydrogens (tertiary/aromatic N) is 2. The zero-order chi connectivity index (χ0) is 9.97. The molecule has 0 bridgehead atoms. The van der Waals surface area contributed by atoms with Crippen LogP contribution in [0, 0.1) is 6.92 Å². The van der Waals surface area contributed by atoms with Crippen molar-refractivity contribution in [2.75, 3.05) is 20.1 Å². The van der Waals surface area contributed by atoms with Gasteiger partial charge in [0.15, 0.2) is 0 Å². The molecule has 0 saturated carbocycles. The first-order valence-corrected chi connectivity index (χ1v) is 5.17. The van der Waals surface area contributed by atoms with Crippen molar-refractivity contribution in [1.82, 2.24) is 20.2 Å². The molecule has 0 aromatic carbocycles. The van der Waals surface area contributed by atoms with Crippen LogP contribution in [0.5, 0.6) is 0 Å². The number of rotatable bonds is 3. The summed E-state index contributed by atoms with van der Waals surface area (Å²) in [5.74, 6) is 0.998. The molecule has 2 heterocycles. The zero-order valence-corrected chi connectivity index (χ0v) is 8.88. The number of hydrogen-bond acceptors (Lipinski definition) is 3. The van der Waals surface area contributed by atoms with Crippen LogP contribution in [0.4, 0.5) is 0 Å². The number of likely N-dealkylation sites (N-methyl/N-ethyl adjacent to an activating group) is 1. The van der Waals surface area contributed by atoms with E-state index in [1.54, 1.807) is 0 Å². The second-order valence-electron chi connectivity index (χ2n) is 4.06. The maximum absolute atomic E-state index is 4.20. The monoisotopic (exact) mass is 194 g/mol. The first-order chi connectivity index (χ1) is 6.75. The largest absolute Gasteiger partial charge is 0.345 e. The zero-order valence-electron chi connectivity index (χ0n) is 8.88. The second kappa shape index (κ2) is 4.11. The third-order valence-electron chi connectivity index (χ3n) is 2.83. The van der Waals surface area contributed by atoms with Crippen LogP contribution in [0.2, 0.25) is 0 Å². The molecule has 1 aromatic rings. The summed E-state index contributed by atoms with van der Waals surface area (Å²) in [5, 5.41) is 3.38. The SMILES string of the molecule is Cc1ncc(CN(C)C2CCNC2)[nH]1. The van der Waals surface area contributed by atoms with E-state index < -0.39 is 0 Å². The molecule has 14 heavy (non-hydrogen) atoms. The van der Waals surface area contributed by atoms with Gasteiger partial charge in [-0.15, -0.1) is 0 Å². The Morgan fingerprint density at radius 3 is 3.07 bits per heavy atom. The Kier molecular flexibility index (Phi) is 2.84. The first-order valence-electron chi connectivity index (χ1n) is 5.17. The first kappa shape index (κ1) is 9.68. The third kappa shape index (κ3) is 2.13. The molecule has 4 nitrogen and oxygen atoms in total. The molecule has 1 unspecified atom stereocenters. The number of hydrogen-bond donors (Lipinski definition) is 2. The second-order valence-corrected chi connectivity index (χ2v) is 4.06. The van der Waals surface area contributed by atoms with Gasteiger partial charge in [-0.1, -0.05) is 0 Å². The van der Waals surface area contributed by atoms with Gasteiger partial charge in [0.1, 0.15) is 5.82 Å². The highest BCUT2D eigenvalue weighted by Crippen LogP contribution is 2.09. The van der Waals surface area contributed by atoms with E-state index in [2.05, 4.69) is 27.2 Å². The van der Waals surface area contributed by atoms with Gasteiger partial charge in [-0.25, -0.2) is 4.98 Å². The summed E-state index contributed by atoms with van der Waals surface area (Å²) in [5.41, 5.74) is 1.21. The normalized spacial score (nSPS) is 22.1. The molecule has 78 valence electrons. The number of imidazole rings is 1. The lowest BCUT2D eigenvalue weighted by atomic mass is 10.2. The molecule has 1 fully saturated rings. The molecule has 1 atom stereocenters. The fraction of sp³-hybridized carbons (Fsp3) is 0.700. The molecule has 4 heteroatoms. The Morgan fingerprint density at radius 2 is 2.50 bits per heavy atom. The smallest absolute Gasteiger partial charge is 0.103 e. The molecule has 2 N–H and O–H groups in total. The summed E-state index contributed by atoms with van der Waals surface area (Å²) in [6, 6.07) is 0.679. The van der Waals surface area contributed by atoms with Gasteiger partial charge < -0.3 is 10.3 Å². The van der Waals surface area contributed by atoms with Crippen LogP contribution in [0.15, 0.2) is 6.20 Å². The number of aryl methyl sites for hydroxylation is 1. The molecule has 0 aliphatic carbocycles. The van der Waals surface area contributed by atoms with Crippen molar-refractivity contribution in [1.29, 1.82) is 0 Å². The molecule has 1 aromatic heterocycles. The van der Waals surface area contributed by atoms with Crippen molar-refractivity contribution < 1.29 is 0 Å². The van der Waals surface area contributed by atoms with Gasteiger partial charge in [0.2, 0.25) is 0 Å². The Balaban J connectivity index is 1.90. The van der Waals surface area contributed by atoms with Crippen molar-refractivity contribution in [2.45, 2.75) is 25.9 Å². The van der Waals surface area contributed by atoms with Gasteiger partial charge in [0.05, 0.1) is 0 Å². The molecule has 0 amide bonds. The van der Waals surface area contributed by atoms with Crippen LogP contribution in [0.3, 0.4) is 0 Å². The third-order valence-corrected chi connectivity index (χ3v) is 2.83. The highest BCUT2D eigenvalue weighted by Gasteiger charge is 2.19. The van der Waals surface area contributed by atoms with Crippen molar-refractivity contribution in [3.63, 3.8) is 0 Å². The lowest BCUT2D eigenvalue weighted by Gasteiger charge is -2.22. The van der Waals surface area contributed by atoms with Crippen LogP contribution in [-0.2, 0) is 6.54 Å². The van der Waals surface area contributed by atoms with E-state index in [1.807, 2.05) is 13.1 Å². The van der Waals surface area contributed by atoms with Crippen LogP contribution in [0.1, 0.15) is 17.9 Å². The van der Waals surface area contributed by atoms with E-state index in [4.69, 9.17) is 0 Å². The summed E-state index contributed by atoms with van der Waals surface area (Å²) in [6.45, 7) is 5.22.